The normalized spacial score (nSPS) is 11.2. The van der Waals surface area contributed by atoms with Gasteiger partial charge < -0.3 is 9.58 Å². The van der Waals surface area contributed by atoms with Crippen LogP contribution in [0.4, 0.5) is 5.82 Å². The van der Waals surface area contributed by atoms with Crippen LogP contribution in [0.1, 0.15) is 26.5 Å². The predicted octanol–water partition coefficient (Wildman–Crippen LogP) is 2.99. The van der Waals surface area contributed by atoms with E-state index in [4.69, 9.17) is 11.3 Å². The van der Waals surface area contributed by atoms with Gasteiger partial charge in [0, 0.05) is 6.08 Å². The van der Waals surface area contributed by atoms with Crippen molar-refractivity contribution in [3.8, 4) is 0 Å². The van der Waals surface area contributed by atoms with E-state index >= 15 is 0 Å². The lowest BCUT2D eigenvalue weighted by Gasteiger charge is -2.17. The molecule has 1 rings (SSSR count). The van der Waals surface area contributed by atoms with E-state index in [9.17, 15) is 4.79 Å². The maximum Gasteiger partial charge on any atom is 0.331 e. The molecule has 0 atom stereocenters. The Kier molecular flexibility index (Phi) is 4.00. The highest BCUT2D eigenvalue weighted by atomic mass is 16.6. The van der Waals surface area contributed by atoms with Crippen LogP contribution in [0.15, 0.2) is 24.3 Å². The van der Waals surface area contributed by atoms with Crippen LogP contribution >= 0.6 is 0 Å². The molecule has 17 heavy (non-hydrogen) atoms. The minimum Gasteiger partial charge on any atom is -0.457 e. The summed E-state index contributed by atoms with van der Waals surface area (Å²) >= 11 is 0. The van der Waals surface area contributed by atoms with Crippen LogP contribution in [0.5, 0.6) is 0 Å². The van der Waals surface area contributed by atoms with Crippen molar-refractivity contribution in [3.05, 3.63) is 41.4 Å². The van der Waals surface area contributed by atoms with Gasteiger partial charge in [-0.2, -0.15) is 0 Å². The molecule has 0 N–H and O–H groups in total. The summed E-state index contributed by atoms with van der Waals surface area (Å²) in [4.78, 5) is 18.6. The minimum atomic E-state index is -0.507. The summed E-state index contributed by atoms with van der Waals surface area (Å²) in [5, 5.41) is 0. The molecular formula is C13H14N2O2. The number of hydrogen-bond donors (Lipinski definition) is 0. The SMILES string of the molecule is [C-]#[N+]c1cccc(C=CC(=O)OC(C)(C)C)n1. The van der Waals surface area contributed by atoms with Gasteiger partial charge in [-0.3, -0.25) is 0 Å². The Morgan fingerprint density at radius 3 is 2.76 bits per heavy atom. The Hall–Kier alpha value is -2.15. The van der Waals surface area contributed by atoms with Crippen LogP contribution < -0.4 is 0 Å². The highest BCUT2D eigenvalue weighted by molar-refractivity contribution is 5.87. The van der Waals surface area contributed by atoms with Gasteiger partial charge in [-0.1, -0.05) is 12.6 Å². The fourth-order valence-electron chi connectivity index (χ4n) is 1.08. The van der Waals surface area contributed by atoms with Crippen molar-refractivity contribution in [2.24, 2.45) is 0 Å². The van der Waals surface area contributed by atoms with E-state index in [0.717, 1.165) is 0 Å². The van der Waals surface area contributed by atoms with Crippen molar-refractivity contribution in [2.75, 3.05) is 0 Å². The molecule has 0 unspecified atom stereocenters. The topological polar surface area (TPSA) is 43.5 Å². The second-order valence-corrected chi connectivity index (χ2v) is 4.40. The van der Waals surface area contributed by atoms with Gasteiger partial charge in [-0.15, -0.1) is 4.98 Å². The average molecular weight is 230 g/mol. The Morgan fingerprint density at radius 1 is 1.47 bits per heavy atom. The van der Waals surface area contributed by atoms with Crippen LogP contribution in [0.25, 0.3) is 10.9 Å². The number of rotatable bonds is 2. The van der Waals surface area contributed by atoms with Gasteiger partial charge in [-0.05, 0) is 39.0 Å². The fourth-order valence-corrected chi connectivity index (χ4v) is 1.08. The van der Waals surface area contributed by atoms with E-state index in [-0.39, 0.29) is 0 Å². The van der Waals surface area contributed by atoms with Gasteiger partial charge in [0.2, 0.25) is 0 Å². The molecule has 0 spiro atoms. The summed E-state index contributed by atoms with van der Waals surface area (Å²) in [6.07, 6.45) is 2.84. The highest BCUT2D eigenvalue weighted by Crippen LogP contribution is 2.10. The van der Waals surface area contributed by atoms with Crippen molar-refractivity contribution in [1.29, 1.82) is 0 Å². The highest BCUT2D eigenvalue weighted by Gasteiger charge is 2.13. The Bertz CT molecular complexity index is 479. The van der Waals surface area contributed by atoms with E-state index in [0.29, 0.717) is 11.5 Å². The molecule has 4 nitrogen and oxygen atoms in total. The smallest absolute Gasteiger partial charge is 0.331 e. The second kappa shape index (κ2) is 5.26. The van der Waals surface area contributed by atoms with Crippen LogP contribution in [0.3, 0.4) is 0 Å². The summed E-state index contributed by atoms with van der Waals surface area (Å²) in [6, 6.07) is 5.04. The first-order chi connectivity index (χ1) is 7.90. The molecule has 0 aliphatic carbocycles. The van der Waals surface area contributed by atoms with E-state index < -0.39 is 11.6 Å². The maximum atomic E-state index is 11.4. The van der Waals surface area contributed by atoms with Crippen molar-refractivity contribution in [1.82, 2.24) is 4.98 Å². The quantitative estimate of drug-likeness (QED) is 0.445. The molecule has 0 aromatic carbocycles. The van der Waals surface area contributed by atoms with Crippen LogP contribution in [-0.2, 0) is 9.53 Å². The van der Waals surface area contributed by atoms with Crippen molar-refractivity contribution in [2.45, 2.75) is 26.4 Å². The first-order valence-electron chi connectivity index (χ1n) is 5.16. The summed E-state index contributed by atoms with van der Waals surface area (Å²) in [5.41, 5.74) is 0.0529. The molecule has 0 bridgehead atoms. The van der Waals surface area contributed by atoms with Gasteiger partial charge in [0.25, 0.3) is 5.82 Å². The molecule has 88 valence electrons. The molecular weight excluding hydrogens is 216 g/mol. The number of esters is 1. The molecule has 0 saturated carbocycles. The number of nitrogens with zero attached hydrogens (tertiary/aromatic N) is 2. The van der Waals surface area contributed by atoms with E-state index in [1.54, 1.807) is 39.0 Å². The van der Waals surface area contributed by atoms with Gasteiger partial charge in [-0.25, -0.2) is 4.79 Å². The van der Waals surface area contributed by atoms with Gasteiger partial charge in [0.1, 0.15) is 5.60 Å². The zero-order valence-corrected chi connectivity index (χ0v) is 10.1. The zero-order valence-electron chi connectivity index (χ0n) is 10.1. The van der Waals surface area contributed by atoms with E-state index in [2.05, 4.69) is 9.83 Å². The molecule has 4 heteroatoms. The Labute approximate surface area is 101 Å². The third kappa shape index (κ3) is 4.94. The average Bonchev–Trinajstić information content (AvgIpc) is 2.24. The second-order valence-electron chi connectivity index (χ2n) is 4.40. The summed E-state index contributed by atoms with van der Waals surface area (Å²) in [6.45, 7) is 12.2. The van der Waals surface area contributed by atoms with Gasteiger partial charge in [0.05, 0.1) is 0 Å². The number of aromatic nitrogens is 1. The van der Waals surface area contributed by atoms with Crippen molar-refractivity contribution in [3.63, 3.8) is 0 Å². The lowest BCUT2D eigenvalue weighted by molar-refractivity contribution is -0.148. The number of pyridine rings is 1. The van der Waals surface area contributed by atoms with Crippen LogP contribution in [0.2, 0.25) is 0 Å². The number of hydrogen-bond acceptors (Lipinski definition) is 3. The molecule has 0 saturated heterocycles. The van der Waals surface area contributed by atoms with Crippen molar-refractivity contribution >= 4 is 17.9 Å². The van der Waals surface area contributed by atoms with E-state index in [1.165, 1.54) is 12.2 Å². The summed E-state index contributed by atoms with van der Waals surface area (Å²) < 4.78 is 5.10. The molecule has 1 heterocycles. The molecule has 1 aromatic heterocycles. The predicted molar refractivity (Wildman–Crippen MR) is 65.4 cm³/mol. The largest absolute Gasteiger partial charge is 0.457 e. The lowest BCUT2D eigenvalue weighted by atomic mass is 10.2. The van der Waals surface area contributed by atoms with Crippen molar-refractivity contribution < 1.29 is 9.53 Å². The Balaban J connectivity index is 2.71. The van der Waals surface area contributed by atoms with Crippen LogP contribution in [0, 0.1) is 6.57 Å². The number of carbonyl (C=O) groups is 1. The number of ether oxygens (including phenoxy) is 1. The zero-order chi connectivity index (χ0) is 12.9. The third-order valence-electron chi connectivity index (χ3n) is 1.67. The molecule has 1 aromatic rings. The lowest BCUT2D eigenvalue weighted by Crippen LogP contribution is -2.22. The van der Waals surface area contributed by atoms with Gasteiger partial charge >= 0.3 is 5.97 Å². The molecule has 0 amide bonds. The third-order valence-corrected chi connectivity index (χ3v) is 1.67. The van der Waals surface area contributed by atoms with E-state index in [1.807, 2.05) is 0 Å². The Morgan fingerprint density at radius 2 is 2.18 bits per heavy atom. The standard InChI is InChI=1S/C13H14N2O2/c1-13(2,3)17-12(16)9-8-10-6-5-7-11(14-4)15-10/h5-9H,1-3H3. The number of carbonyl (C=O) groups excluding carboxylic acids is 1. The van der Waals surface area contributed by atoms with Crippen LogP contribution in [-0.4, -0.2) is 16.6 Å². The fraction of sp³-hybridized carbons (Fsp3) is 0.308. The summed E-state index contributed by atoms with van der Waals surface area (Å²) in [7, 11) is 0. The summed E-state index contributed by atoms with van der Waals surface area (Å²) in [5.74, 6) is -0.121. The minimum absolute atomic E-state index is 0.302. The first kappa shape index (κ1) is 12.9. The molecule has 0 radical (unpaired) electrons. The van der Waals surface area contributed by atoms with Gasteiger partial charge in [0.15, 0.2) is 5.69 Å². The molecule has 0 aliphatic rings. The molecule has 0 aliphatic heterocycles. The first-order valence-corrected chi connectivity index (χ1v) is 5.16. The monoisotopic (exact) mass is 230 g/mol. The maximum absolute atomic E-state index is 11.4. The molecule has 0 fully saturated rings.